The molecule has 5 nitrogen and oxygen atoms in total. The van der Waals surface area contributed by atoms with Crippen LogP contribution in [0.25, 0.3) is 0 Å². The molecule has 6 heteroatoms. The van der Waals surface area contributed by atoms with Crippen LogP contribution in [0.5, 0.6) is 0 Å². The van der Waals surface area contributed by atoms with Crippen LogP contribution in [0, 0.1) is 12.8 Å². The molecule has 0 saturated carbocycles. The zero-order chi connectivity index (χ0) is 20.5. The summed E-state index contributed by atoms with van der Waals surface area (Å²) >= 11 is 1.82. The summed E-state index contributed by atoms with van der Waals surface area (Å²) < 4.78 is 0. The average Bonchev–Trinajstić information content (AvgIpc) is 2.75. The molecule has 154 valence electrons. The van der Waals surface area contributed by atoms with Gasteiger partial charge in [0, 0.05) is 36.8 Å². The lowest BCUT2D eigenvalue weighted by atomic mass is 9.97. The summed E-state index contributed by atoms with van der Waals surface area (Å²) in [6.07, 6.45) is 1.68. The molecule has 0 spiro atoms. The topological polar surface area (TPSA) is 61.4 Å². The Kier molecular flexibility index (Phi) is 7.99. The molecule has 1 atom stereocenters. The smallest absolute Gasteiger partial charge is 0.321 e. The molecule has 29 heavy (non-hydrogen) atoms. The van der Waals surface area contributed by atoms with E-state index in [-0.39, 0.29) is 17.9 Å². The van der Waals surface area contributed by atoms with Gasteiger partial charge in [0.05, 0.1) is 5.92 Å². The lowest BCUT2D eigenvalue weighted by molar-refractivity contribution is -0.126. The quantitative estimate of drug-likeness (QED) is 0.668. The first-order chi connectivity index (χ1) is 14.1. The van der Waals surface area contributed by atoms with Crippen LogP contribution < -0.4 is 10.6 Å². The molecule has 3 amide bonds. The van der Waals surface area contributed by atoms with Gasteiger partial charge in [-0.3, -0.25) is 4.79 Å². The Morgan fingerprint density at radius 2 is 1.86 bits per heavy atom. The van der Waals surface area contributed by atoms with Crippen molar-refractivity contribution in [1.29, 1.82) is 0 Å². The number of thioether (sulfide) groups is 1. The first-order valence-electron chi connectivity index (χ1n) is 10.1. The number of aryl methyl sites for hydroxylation is 1. The molecule has 1 aliphatic heterocycles. The third-order valence-corrected chi connectivity index (χ3v) is 6.07. The van der Waals surface area contributed by atoms with Crippen LogP contribution in [0.15, 0.2) is 54.6 Å². The summed E-state index contributed by atoms with van der Waals surface area (Å²) in [6.45, 7) is 3.90. The number of rotatable bonds is 7. The second kappa shape index (κ2) is 10.9. The molecule has 1 unspecified atom stereocenters. The van der Waals surface area contributed by atoms with Gasteiger partial charge in [0.2, 0.25) is 5.91 Å². The maximum atomic E-state index is 12.5. The van der Waals surface area contributed by atoms with Gasteiger partial charge in [-0.05, 0) is 37.5 Å². The Bertz CT molecular complexity index is 796. The zero-order valence-electron chi connectivity index (χ0n) is 16.9. The fourth-order valence-electron chi connectivity index (χ4n) is 3.36. The summed E-state index contributed by atoms with van der Waals surface area (Å²) in [6, 6.07) is 17.8. The molecule has 1 aliphatic rings. The van der Waals surface area contributed by atoms with E-state index < -0.39 is 0 Å². The highest BCUT2D eigenvalue weighted by Crippen LogP contribution is 2.18. The van der Waals surface area contributed by atoms with Gasteiger partial charge in [-0.15, -0.1) is 0 Å². The highest BCUT2D eigenvalue weighted by atomic mass is 32.2. The van der Waals surface area contributed by atoms with Crippen molar-refractivity contribution in [3.63, 3.8) is 0 Å². The van der Waals surface area contributed by atoms with Crippen LogP contribution in [0.1, 0.15) is 24.0 Å². The number of anilines is 1. The van der Waals surface area contributed by atoms with Gasteiger partial charge in [0.15, 0.2) is 0 Å². The Morgan fingerprint density at radius 3 is 2.62 bits per heavy atom. The Morgan fingerprint density at radius 1 is 1.10 bits per heavy atom. The van der Waals surface area contributed by atoms with E-state index in [1.165, 1.54) is 11.1 Å². The first-order valence-corrected chi connectivity index (χ1v) is 11.3. The minimum Gasteiger partial charge on any atom is -0.355 e. The molecular weight excluding hydrogens is 382 g/mol. The van der Waals surface area contributed by atoms with Crippen LogP contribution >= 0.6 is 11.8 Å². The standard InChI is InChI=1S/C23H29N3O2S/c1-18-9-11-19(12-10-18)17-29-15-13-24-22(27)20-6-5-14-26(16-20)23(28)25-21-7-3-2-4-8-21/h2-4,7-12,20H,5-6,13-17H2,1H3,(H,24,27)(H,25,28). The van der Waals surface area contributed by atoms with Gasteiger partial charge in [-0.2, -0.15) is 11.8 Å². The predicted octanol–water partition coefficient (Wildman–Crippen LogP) is 4.29. The number of hydrogen-bond acceptors (Lipinski definition) is 3. The predicted molar refractivity (Wildman–Crippen MR) is 120 cm³/mol. The second-order valence-corrected chi connectivity index (χ2v) is 8.52. The molecule has 2 aromatic rings. The highest BCUT2D eigenvalue weighted by Gasteiger charge is 2.28. The van der Waals surface area contributed by atoms with Crippen molar-refractivity contribution in [1.82, 2.24) is 10.2 Å². The summed E-state index contributed by atoms with van der Waals surface area (Å²) in [5, 5.41) is 5.94. The Balaban J connectivity index is 1.36. The maximum absolute atomic E-state index is 12.5. The lowest BCUT2D eigenvalue weighted by Gasteiger charge is -2.32. The molecule has 1 fully saturated rings. The van der Waals surface area contributed by atoms with Gasteiger partial charge < -0.3 is 15.5 Å². The molecule has 1 saturated heterocycles. The number of nitrogens with one attached hydrogen (secondary N) is 2. The number of hydrogen-bond donors (Lipinski definition) is 2. The van der Waals surface area contributed by atoms with E-state index in [0.29, 0.717) is 19.6 Å². The number of urea groups is 1. The molecular formula is C23H29N3O2S. The third kappa shape index (κ3) is 6.82. The van der Waals surface area contributed by atoms with Gasteiger partial charge in [0.1, 0.15) is 0 Å². The zero-order valence-corrected chi connectivity index (χ0v) is 17.7. The number of nitrogens with zero attached hydrogens (tertiary/aromatic N) is 1. The number of likely N-dealkylation sites (tertiary alicyclic amines) is 1. The van der Waals surface area contributed by atoms with Crippen LogP contribution in [-0.2, 0) is 10.5 Å². The van der Waals surface area contributed by atoms with Crippen LogP contribution in [0.4, 0.5) is 10.5 Å². The van der Waals surface area contributed by atoms with Crippen molar-refractivity contribution in [3.8, 4) is 0 Å². The van der Waals surface area contributed by atoms with Crippen molar-refractivity contribution in [2.75, 3.05) is 30.7 Å². The molecule has 2 aromatic carbocycles. The van der Waals surface area contributed by atoms with E-state index >= 15 is 0 Å². The lowest BCUT2D eigenvalue weighted by Crippen LogP contribution is -2.47. The van der Waals surface area contributed by atoms with Crippen molar-refractivity contribution in [3.05, 3.63) is 65.7 Å². The van der Waals surface area contributed by atoms with Crippen LogP contribution in [-0.4, -0.2) is 42.2 Å². The first kappa shape index (κ1) is 21.2. The van der Waals surface area contributed by atoms with E-state index in [1.807, 2.05) is 42.1 Å². The molecule has 0 radical (unpaired) electrons. The number of carbonyl (C=O) groups is 2. The number of carbonyl (C=O) groups excluding carboxylic acids is 2. The van der Waals surface area contributed by atoms with Crippen molar-refractivity contribution in [2.24, 2.45) is 5.92 Å². The van der Waals surface area contributed by atoms with Gasteiger partial charge in [-0.1, -0.05) is 48.0 Å². The molecule has 2 N–H and O–H groups in total. The average molecular weight is 412 g/mol. The number of amides is 3. The van der Waals surface area contributed by atoms with E-state index in [1.54, 1.807) is 4.90 Å². The highest BCUT2D eigenvalue weighted by molar-refractivity contribution is 7.98. The SMILES string of the molecule is Cc1ccc(CSCCNC(=O)C2CCCN(C(=O)Nc3ccccc3)C2)cc1. The monoisotopic (exact) mass is 411 g/mol. The third-order valence-electron chi connectivity index (χ3n) is 5.04. The number of benzene rings is 2. The molecule has 1 heterocycles. The normalized spacial score (nSPS) is 16.3. The number of piperidine rings is 1. The van der Waals surface area contributed by atoms with Crippen molar-refractivity contribution >= 4 is 29.4 Å². The summed E-state index contributed by atoms with van der Waals surface area (Å²) in [5.41, 5.74) is 3.35. The van der Waals surface area contributed by atoms with Gasteiger partial charge in [0.25, 0.3) is 0 Å². The summed E-state index contributed by atoms with van der Waals surface area (Å²) in [4.78, 5) is 26.7. The second-order valence-electron chi connectivity index (χ2n) is 7.41. The van der Waals surface area contributed by atoms with Gasteiger partial charge in [-0.25, -0.2) is 4.79 Å². The van der Waals surface area contributed by atoms with Gasteiger partial charge >= 0.3 is 6.03 Å². The summed E-state index contributed by atoms with van der Waals surface area (Å²) in [7, 11) is 0. The van der Waals surface area contributed by atoms with E-state index in [4.69, 9.17) is 0 Å². The molecule has 3 rings (SSSR count). The van der Waals surface area contributed by atoms with Crippen molar-refractivity contribution in [2.45, 2.75) is 25.5 Å². The fourth-order valence-corrected chi connectivity index (χ4v) is 4.18. The maximum Gasteiger partial charge on any atom is 0.321 e. The Labute approximate surface area is 177 Å². The van der Waals surface area contributed by atoms with E-state index in [0.717, 1.165) is 30.0 Å². The molecule has 0 aromatic heterocycles. The van der Waals surface area contributed by atoms with E-state index in [2.05, 4.69) is 41.8 Å². The largest absolute Gasteiger partial charge is 0.355 e. The minimum atomic E-state index is -0.137. The van der Waals surface area contributed by atoms with Crippen molar-refractivity contribution < 1.29 is 9.59 Å². The fraction of sp³-hybridized carbons (Fsp3) is 0.391. The van der Waals surface area contributed by atoms with E-state index in [9.17, 15) is 9.59 Å². The number of para-hydroxylation sites is 1. The summed E-state index contributed by atoms with van der Waals surface area (Å²) in [5.74, 6) is 1.75. The minimum absolute atomic E-state index is 0.0538. The van der Waals surface area contributed by atoms with Crippen LogP contribution in [0.3, 0.4) is 0 Å². The van der Waals surface area contributed by atoms with Crippen LogP contribution in [0.2, 0.25) is 0 Å². The molecule has 0 aliphatic carbocycles. The molecule has 0 bridgehead atoms. The Hall–Kier alpha value is -2.47.